The number of primary amides is 1. The van der Waals surface area contributed by atoms with Gasteiger partial charge in [-0.2, -0.15) is 0 Å². The summed E-state index contributed by atoms with van der Waals surface area (Å²) in [5, 5.41) is 2.47. The van der Waals surface area contributed by atoms with Gasteiger partial charge in [-0.05, 0) is 25.5 Å². The minimum Gasteiger partial charge on any atom is -0.486 e. The molecule has 0 unspecified atom stereocenters. The fourth-order valence-electron chi connectivity index (χ4n) is 2.59. The Morgan fingerprint density at radius 1 is 1.38 bits per heavy atom. The highest BCUT2D eigenvalue weighted by Gasteiger charge is 2.31. The summed E-state index contributed by atoms with van der Waals surface area (Å²) in [5.74, 6) is 0.0109. The number of aromatic nitrogens is 1. The van der Waals surface area contributed by atoms with E-state index in [1.165, 1.54) is 16.9 Å². The number of hydrogen-bond acceptors (Lipinski definition) is 5. The van der Waals surface area contributed by atoms with E-state index in [9.17, 15) is 9.59 Å². The van der Waals surface area contributed by atoms with Gasteiger partial charge < -0.3 is 15.4 Å². The maximum absolute atomic E-state index is 12.4. The number of nitrogens with zero attached hydrogens (tertiary/aromatic N) is 2. The summed E-state index contributed by atoms with van der Waals surface area (Å²) in [5.41, 5.74) is 6.87. The molecule has 0 bridgehead atoms. The van der Waals surface area contributed by atoms with Crippen molar-refractivity contribution in [3.63, 3.8) is 0 Å². The van der Waals surface area contributed by atoms with Crippen molar-refractivity contribution in [3.05, 3.63) is 45.9 Å². The van der Waals surface area contributed by atoms with Crippen LogP contribution in [0.2, 0.25) is 0 Å². The highest BCUT2D eigenvalue weighted by atomic mass is 32.1. The monoisotopic (exact) mass is 345 g/mol. The van der Waals surface area contributed by atoms with Gasteiger partial charge in [0.1, 0.15) is 23.1 Å². The molecule has 0 saturated carbocycles. The van der Waals surface area contributed by atoms with Crippen molar-refractivity contribution in [2.45, 2.75) is 20.0 Å². The molecule has 1 aliphatic heterocycles. The third kappa shape index (κ3) is 3.73. The molecule has 126 valence electrons. The maximum atomic E-state index is 12.4. The zero-order chi connectivity index (χ0) is 17.1. The fraction of sp³-hybridized carbons (Fsp3) is 0.353. The van der Waals surface area contributed by atoms with E-state index in [2.05, 4.69) is 4.98 Å². The van der Waals surface area contributed by atoms with Crippen LogP contribution in [-0.4, -0.2) is 34.8 Å². The van der Waals surface area contributed by atoms with Crippen molar-refractivity contribution >= 4 is 23.2 Å². The lowest BCUT2D eigenvalue weighted by atomic mass is 10.1. The number of hydrogen-bond donors (Lipinski definition) is 1. The lowest BCUT2D eigenvalue weighted by Gasteiger charge is -2.14. The Morgan fingerprint density at radius 3 is 2.79 bits per heavy atom. The van der Waals surface area contributed by atoms with Crippen LogP contribution in [0.4, 0.5) is 0 Å². The SMILES string of the molecule is Cc1ccc(OCc2nc(C(=O)N3CC[C@@H](C(N)=O)C3)cs2)cc1. The molecular formula is C17H19N3O3S. The first-order chi connectivity index (χ1) is 11.5. The molecule has 2 heterocycles. The van der Waals surface area contributed by atoms with Crippen molar-refractivity contribution in [3.8, 4) is 5.75 Å². The van der Waals surface area contributed by atoms with E-state index in [1.807, 2.05) is 31.2 Å². The van der Waals surface area contributed by atoms with Crippen LogP contribution in [0.3, 0.4) is 0 Å². The number of likely N-dealkylation sites (tertiary alicyclic amines) is 1. The minimum atomic E-state index is -0.351. The first-order valence-corrected chi connectivity index (χ1v) is 8.63. The van der Waals surface area contributed by atoms with Gasteiger partial charge in [-0.25, -0.2) is 4.98 Å². The molecule has 24 heavy (non-hydrogen) atoms. The van der Waals surface area contributed by atoms with Crippen LogP contribution in [0.1, 0.15) is 27.5 Å². The van der Waals surface area contributed by atoms with Crippen molar-refractivity contribution in [2.24, 2.45) is 11.7 Å². The molecule has 1 aromatic heterocycles. The smallest absolute Gasteiger partial charge is 0.273 e. The summed E-state index contributed by atoms with van der Waals surface area (Å²) in [6, 6.07) is 7.77. The van der Waals surface area contributed by atoms with Crippen LogP contribution in [0, 0.1) is 12.8 Å². The summed E-state index contributed by atoms with van der Waals surface area (Å²) in [4.78, 5) is 29.6. The number of ether oxygens (including phenoxy) is 1. The molecule has 2 aromatic rings. The van der Waals surface area contributed by atoms with E-state index < -0.39 is 0 Å². The van der Waals surface area contributed by atoms with E-state index in [0.29, 0.717) is 31.8 Å². The number of amides is 2. The molecular weight excluding hydrogens is 326 g/mol. The van der Waals surface area contributed by atoms with Crippen LogP contribution in [0.15, 0.2) is 29.6 Å². The maximum Gasteiger partial charge on any atom is 0.273 e. The van der Waals surface area contributed by atoms with Crippen LogP contribution < -0.4 is 10.5 Å². The molecule has 2 amide bonds. The zero-order valence-electron chi connectivity index (χ0n) is 13.4. The topological polar surface area (TPSA) is 85.5 Å². The van der Waals surface area contributed by atoms with E-state index in [-0.39, 0.29) is 17.7 Å². The average Bonchev–Trinajstić information content (AvgIpc) is 3.23. The summed E-state index contributed by atoms with van der Waals surface area (Å²) in [7, 11) is 0. The standard InChI is InChI=1S/C17H19N3O3S/c1-11-2-4-13(5-3-11)23-9-15-19-14(10-24-15)17(22)20-7-6-12(8-20)16(18)21/h2-5,10,12H,6-9H2,1H3,(H2,18,21)/t12-/m1/s1. The molecule has 6 nitrogen and oxygen atoms in total. The second-order valence-corrected chi connectivity index (χ2v) is 6.81. The third-order valence-corrected chi connectivity index (χ3v) is 4.85. The van der Waals surface area contributed by atoms with Crippen molar-refractivity contribution in [2.75, 3.05) is 13.1 Å². The van der Waals surface area contributed by atoms with Gasteiger partial charge >= 0.3 is 0 Å². The Hall–Kier alpha value is -2.41. The molecule has 0 spiro atoms. The van der Waals surface area contributed by atoms with Gasteiger partial charge in [0, 0.05) is 18.5 Å². The van der Waals surface area contributed by atoms with E-state index in [4.69, 9.17) is 10.5 Å². The minimum absolute atomic E-state index is 0.156. The van der Waals surface area contributed by atoms with E-state index >= 15 is 0 Å². The normalized spacial score (nSPS) is 17.0. The van der Waals surface area contributed by atoms with Gasteiger partial charge in [-0.3, -0.25) is 9.59 Å². The zero-order valence-corrected chi connectivity index (χ0v) is 14.2. The molecule has 0 radical (unpaired) electrons. The number of carbonyl (C=O) groups excluding carboxylic acids is 2. The Bertz CT molecular complexity index is 742. The first-order valence-electron chi connectivity index (χ1n) is 7.75. The quantitative estimate of drug-likeness (QED) is 0.898. The number of nitrogens with two attached hydrogens (primary N) is 1. The molecule has 1 saturated heterocycles. The third-order valence-electron chi connectivity index (χ3n) is 4.03. The van der Waals surface area contributed by atoms with Crippen LogP contribution in [0.5, 0.6) is 5.75 Å². The number of aryl methyl sites for hydroxylation is 1. The van der Waals surface area contributed by atoms with Crippen molar-refractivity contribution in [1.29, 1.82) is 0 Å². The molecule has 1 fully saturated rings. The van der Waals surface area contributed by atoms with Gasteiger partial charge in [-0.1, -0.05) is 17.7 Å². The van der Waals surface area contributed by atoms with Gasteiger partial charge in [-0.15, -0.1) is 11.3 Å². The molecule has 1 aliphatic rings. The van der Waals surface area contributed by atoms with Gasteiger partial charge in [0.15, 0.2) is 0 Å². The van der Waals surface area contributed by atoms with Crippen molar-refractivity contribution in [1.82, 2.24) is 9.88 Å². The molecule has 1 aromatic carbocycles. The predicted molar refractivity (Wildman–Crippen MR) is 90.8 cm³/mol. The second kappa shape index (κ2) is 7.00. The largest absolute Gasteiger partial charge is 0.486 e. The molecule has 1 atom stereocenters. The Morgan fingerprint density at radius 2 is 2.12 bits per heavy atom. The first kappa shape index (κ1) is 16.4. The van der Waals surface area contributed by atoms with E-state index in [1.54, 1.807) is 10.3 Å². The van der Waals surface area contributed by atoms with E-state index in [0.717, 1.165) is 10.8 Å². The number of thiazole rings is 1. The second-order valence-electron chi connectivity index (χ2n) is 5.87. The lowest BCUT2D eigenvalue weighted by Crippen LogP contribution is -2.31. The fourth-order valence-corrected chi connectivity index (χ4v) is 3.27. The predicted octanol–water partition coefficient (Wildman–Crippen LogP) is 1.98. The van der Waals surface area contributed by atoms with Crippen LogP contribution in [0.25, 0.3) is 0 Å². The Labute approximate surface area is 144 Å². The molecule has 0 aliphatic carbocycles. The summed E-state index contributed by atoms with van der Waals surface area (Å²) in [6.07, 6.45) is 0.620. The van der Waals surface area contributed by atoms with Gasteiger partial charge in [0.2, 0.25) is 5.91 Å². The van der Waals surface area contributed by atoms with Crippen LogP contribution >= 0.6 is 11.3 Å². The molecule has 7 heteroatoms. The summed E-state index contributed by atoms with van der Waals surface area (Å²) < 4.78 is 5.68. The molecule has 3 rings (SSSR count). The summed E-state index contributed by atoms with van der Waals surface area (Å²) in [6.45, 7) is 3.26. The number of benzene rings is 1. The number of carbonyl (C=O) groups is 2. The highest BCUT2D eigenvalue weighted by molar-refractivity contribution is 7.09. The average molecular weight is 345 g/mol. The van der Waals surface area contributed by atoms with Gasteiger partial charge in [0.05, 0.1) is 5.92 Å². The molecule has 2 N–H and O–H groups in total. The number of rotatable bonds is 5. The van der Waals surface area contributed by atoms with Gasteiger partial charge in [0.25, 0.3) is 5.91 Å². The Balaban J connectivity index is 1.58. The summed E-state index contributed by atoms with van der Waals surface area (Å²) >= 11 is 1.39. The Kier molecular flexibility index (Phi) is 4.80. The van der Waals surface area contributed by atoms with Crippen LogP contribution in [-0.2, 0) is 11.4 Å². The van der Waals surface area contributed by atoms with Crippen molar-refractivity contribution < 1.29 is 14.3 Å². The lowest BCUT2D eigenvalue weighted by molar-refractivity contribution is -0.121. The highest BCUT2D eigenvalue weighted by Crippen LogP contribution is 2.20.